The average molecular weight is 421 g/mol. The van der Waals surface area contributed by atoms with Gasteiger partial charge in [0.2, 0.25) is 0 Å². The third-order valence-electron chi connectivity index (χ3n) is 2.88. The van der Waals surface area contributed by atoms with E-state index >= 15 is 0 Å². The molecule has 2 aromatic carbocycles. The first-order valence-electron chi connectivity index (χ1n) is 6.84. The minimum atomic E-state index is -10.7. The molecule has 0 aliphatic heterocycles. The summed E-state index contributed by atoms with van der Waals surface area (Å²) in [5, 5.41) is 20.2. The van der Waals surface area contributed by atoms with Crippen LogP contribution in [0.5, 0.6) is 5.75 Å². The number of nitro groups is 1. The second-order valence-electron chi connectivity index (χ2n) is 5.10. The summed E-state index contributed by atoms with van der Waals surface area (Å²) < 4.78 is 59.2. The van der Waals surface area contributed by atoms with Gasteiger partial charge < -0.3 is 5.11 Å². The molecular weight excluding hydrogens is 407 g/mol. The van der Waals surface area contributed by atoms with Crippen LogP contribution in [0.3, 0.4) is 0 Å². The number of nitrogens with zero attached hydrogens (tertiary/aromatic N) is 1. The molecule has 0 amide bonds. The molecule has 0 fully saturated rings. The first kappa shape index (κ1) is 22.0. The van der Waals surface area contributed by atoms with Gasteiger partial charge in [0.05, 0.1) is 4.92 Å². The molecule has 26 heavy (non-hydrogen) atoms. The number of aryl methyl sites for hydroxylation is 1. The fourth-order valence-electron chi connectivity index (χ4n) is 1.94. The van der Waals surface area contributed by atoms with E-state index in [-0.39, 0.29) is 11.4 Å². The summed E-state index contributed by atoms with van der Waals surface area (Å²) in [6, 6.07) is 11.5. The van der Waals surface area contributed by atoms with E-state index in [1.165, 1.54) is 6.07 Å². The number of nitro benzene ring substituents is 1. The number of halogens is 6. The van der Waals surface area contributed by atoms with Crippen LogP contribution >= 0.6 is 7.81 Å². The number of non-ortho nitro benzene ring substituents is 1. The Bertz CT molecular complexity index is 785. The number of rotatable bonds is 4. The van der Waals surface area contributed by atoms with Crippen LogP contribution in [0.4, 0.5) is 30.9 Å². The second kappa shape index (κ2) is 6.96. The van der Waals surface area contributed by atoms with Gasteiger partial charge in [-0.1, -0.05) is 18.2 Å². The predicted octanol–water partition coefficient (Wildman–Crippen LogP) is 5.90. The van der Waals surface area contributed by atoms with Crippen LogP contribution in [0.25, 0.3) is 11.1 Å². The van der Waals surface area contributed by atoms with Crippen LogP contribution in [0.15, 0.2) is 42.5 Å². The largest absolute Gasteiger partial charge is 0.508 e. The predicted molar refractivity (Wildman–Crippen MR) is 92.5 cm³/mol. The van der Waals surface area contributed by atoms with Crippen LogP contribution < -0.4 is 0 Å². The van der Waals surface area contributed by atoms with Crippen molar-refractivity contribution >= 4 is 26.1 Å². The van der Waals surface area contributed by atoms with Crippen molar-refractivity contribution in [1.82, 2.24) is 0 Å². The third-order valence-corrected chi connectivity index (χ3v) is 3.13. The number of aromatic hydroxyl groups is 1. The quantitative estimate of drug-likeness (QED) is 0.220. The zero-order chi connectivity index (χ0) is 20.2. The van der Waals surface area contributed by atoms with Gasteiger partial charge in [0, 0.05) is 18.6 Å². The van der Waals surface area contributed by atoms with Gasteiger partial charge in [-0.25, -0.2) is 0 Å². The van der Waals surface area contributed by atoms with E-state index in [1.807, 2.05) is 0 Å². The van der Waals surface area contributed by atoms with Crippen molar-refractivity contribution < 1.29 is 35.2 Å². The fraction of sp³-hybridized carbons (Fsp3) is 0.143. The maximum atomic E-state index is 10.9. The van der Waals surface area contributed by atoms with E-state index in [0.29, 0.717) is 0 Å². The normalized spacial score (nSPS) is 13.8. The summed E-state index contributed by atoms with van der Waals surface area (Å²) >= 11 is 3.43. The Balaban J connectivity index is 0.000000412. The smallest absolute Gasteiger partial charge is 0.270 e. The molecule has 0 aromatic heterocycles. The van der Waals surface area contributed by atoms with E-state index in [0.717, 1.165) is 28.9 Å². The molecule has 0 saturated heterocycles. The topological polar surface area (TPSA) is 63.4 Å². The summed E-state index contributed by atoms with van der Waals surface area (Å²) in [7, 11) is -10.7. The number of benzene rings is 2. The molecule has 0 bridgehead atoms. The Kier molecular flexibility index (Phi) is 5.90. The Labute approximate surface area is 149 Å². The fourth-order valence-corrected chi connectivity index (χ4v) is 2.21. The summed E-state index contributed by atoms with van der Waals surface area (Å²) in [6.45, 7) is 0. The van der Waals surface area contributed by atoms with Crippen molar-refractivity contribution in [2.45, 2.75) is 6.42 Å². The molecule has 0 unspecified atom stereocenters. The summed E-state index contributed by atoms with van der Waals surface area (Å²) in [6.07, 6.45) is 0.783. The van der Waals surface area contributed by atoms with E-state index in [1.54, 1.807) is 36.4 Å². The summed E-state index contributed by atoms with van der Waals surface area (Å²) in [5.74, 6) is 0.957. The minimum Gasteiger partial charge on any atom is -0.508 e. The van der Waals surface area contributed by atoms with E-state index < -0.39 is 12.7 Å². The maximum absolute atomic E-state index is 10.9. The van der Waals surface area contributed by atoms with Gasteiger partial charge in [-0.15, -0.1) is 0 Å². The monoisotopic (exact) mass is 421 g/mol. The van der Waals surface area contributed by atoms with Gasteiger partial charge in [-0.3, -0.25) is 10.1 Å². The van der Waals surface area contributed by atoms with Gasteiger partial charge in [0.1, 0.15) is 11.5 Å². The minimum absolute atomic E-state index is 0.0702. The van der Waals surface area contributed by atoms with E-state index in [4.69, 9.17) is 0 Å². The molecule has 2 aromatic rings. The Hall–Kier alpha value is -2.00. The molecule has 1 N–H and O–H groups in total. The molecular formula is C14H14F6NO3PS. The molecule has 0 atom stereocenters. The van der Waals surface area contributed by atoms with Gasteiger partial charge in [0.15, 0.2) is 0 Å². The molecule has 4 nitrogen and oxygen atoms in total. The van der Waals surface area contributed by atoms with Crippen LogP contribution in [-0.4, -0.2) is 15.8 Å². The Morgan fingerprint density at radius 3 is 1.92 bits per heavy atom. The molecule has 0 aliphatic carbocycles. The molecule has 0 saturated carbocycles. The summed E-state index contributed by atoms with van der Waals surface area (Å²) in [4.78, 5) is 10.5. The molecule has 0 heterocycles. The first-order chi connectivity index (χ1) is 11.6. The van der Waals surface area contributed by atoms with Gasteiger partial charge >= 0.3 is 33.0 Å². The molecule has 0 aliphatic rings. The first-order valence-corrected chi connectivity index (χ1v) is 9.58. The average Bonchev–Trinajstić information content (AvgIpc) is 2.45. The molecule has 2 rings (SSSR count). The van der Waals surface area contributed by atoms with Crippen LogP contribution in [-0.2, 0) is 19.0 Å². The zero-order valence-corrected chi connectivity index (χ0v) is 14.8. The van der Waals surface area contributed by atoms with Crippen molar-refractivity contribution in [1.29, 1.82) is 0 Å². The van der Waals surface area contributed by atoms with Crippen LogP contribution in [0.1, 0.15) is 5.56 Å². The third kappa shape index (κ3) is 9.47. The number of phenols is 1. The number of hydrogen-bond acceptors (Lipinski definition) is 3. The SMILES string of the molecule is F[P-](F)(F)(F)(F)F.O=[N+]([O-])c1ccc(CC[SH2+])c(-c2ccc(O)cc2)c1. The van der Waals surface area contributed by atoms with Crippen molar-refractivity contribution in [2.75, 3.05) is 5.75 Å². The molecule has 0 radical (unpaired) electrons. The molecule has 12 heteroatoms. The Morgan fingerprint density at radius 1 is 1.00 bits per heavy atom. The van der Waals surface area contributed by atoms with Gasteiger partial charge in [-0.2, -0.15) is 0 Å². The zero-order valence-electron chi connectivity index (χ0n) is 12.9. The summed E-state index contributed by atoms with van der Waals surface area (Å²) in [5.41, 5.74) is 2.79. The Morgan fingerprint density at radius 2 is 1.50 bits per heavy atom. The molecule has 146 valence electrons. The van der Waals surface area contributed by atoms with E-state index in [2.05, 4.69) is 12.6 Å². The van der Waals surface area contributed by atoms with E-state index in [9.17, 15) is 40.4 Å². The maximum Gasteiger partial charge on any atom is 0.270 e. The van der Waals surface area contributed by atoms with Crippen molar-refractivity contribution in [3.05, 3.63) is 58.1 Å². The van der Waals surface area contributed by atoms with Crippen molar-refractivity contribution in [3.63, 3.8) is 0 Å². The van der Waals surface area contributed by atoms with Crippen molar-refractivity contribution in [3.8, 4) is 16.9 Å². The van der Waals surface area contributed by atoms with Gasteiger partial charge in [0.25, 0.3) is 5.69 Å². The van der Waals surface area contributed by atoms with Crippen LogP contribution in [0.2, 0.25) is 0 Å². The second-order valence-corrected chi connectivity index (χ2v) is 7.52. The number of phenolic OH excluding ortho intramolecular Hbond substituents is 1. The van der Waals surface area contributed by atoms with Crippen molar-refractivity contribution in [2.24, 2.45) is 0 Å². The standard InChI is InChI=1S/C14H13NO3S.F6P/c16-13-5-2-10(3-6-13)14-9-12(15(17)18)4-1-11(14)7-8-19;1-7(2,3,4,5)6/h1-6,9,16,19H,7-8H2;/q;-1/p+1. The van der Waals surface area contributed by atoms with Crippen LogP contribution in [0, 0.1) is 10.1 Å². The number of hydrogen-bond donors (Lipinski definition) is 1. The molecule has 0 spiro atoms. The van der Waals surface area contributed by atoms with Gasteiger partial charge in [-0.05, 0) is 41.5 Å².